The minimum absolute atomic E-state index is 0.0154. The van der Waals surface area contributed by atoms with Gasteiger partial charge in [-0.1, -0.05) is 6.07 Å². The molecule has 104 valence electrons. The third-order valence-corrected chi connectivity index (χ3v) is 3.10. The zero-order valence-corrected chi connectivity index (χ0v) is 10.2. The van der Waals surface area contributed by atoms with Crippen LogP contribution < -0.4 is 5.32 Å². The van der Waals surface area contributed by atoms with E-state index in [-0.39, 0.29) is 24.0 Å². The van der Waals surface area contributed by atoms with E-state index in [2.05, 4.69) is 5.32 Å². The van der Waals surface area contributed by atoms with Gasteiger partial charge in [-0.15, -0.1) is 0 Å². The lowest BCUT2D eigenvalue weighted by molar-refractivity contribution is -0.385. The highest BCUT2D eigenvalue weighted by atomic mass is 16.6. The Labute approximate surface area is 112 Å². The molecule has 1 aromatic rings. The van der Waals surface area contributed by atoms with E-state index in [0.717, 1.165) is 6.07 Å². The molecular weight excluding hydrogens is 268 g/mol. The van der Waals surface area contributed by atoms with Crippen molar-refractivity contribution in [3.05, 3.63) is 39.4 Å². The molecule has 0 aliphatic carbocycles. The third-order valence-electron chi connectivity index (χ3n) is 3.10. The van der Waals surface area contributed by atoms with Gasteiger partial charge in [0.15, 0.2) is 0 Å². The third kappa shape index (κ3) is 2.35. The van der Waals surface area contributed by atoms with Crippen molar-refractivity contribution >= 4 is 23.5 Å². The summed E-state index contributed by atoms with van der Waals surface area (Å²) in [5, 5.41) is 22.2. The number of nitro benzene ring substituents is 1. The van der Waals surface area contributed by atoms with Crippen LogP contribution in [0.5, 0.6) is 0 Å². The molecule has 1 aliphatic rings. The van der Waals surface area contributed by atoms with E-state index in [1.165, 1.54) is 12.1 Å². The number of hydrogen-bond acceptors (Lipinski definition) is 5. The highest BCUT2D eigenvalue weighted by Gasteiger charge is 2.36. The Balaban J connectivity index is 2.58. The molecule has 0 spiro atoms. The highest BCUT2D eigenvalue weighted by molar-refractivity contribution is 6.03. The molecule has 20 heavy (non-hydrogen) atoms. The number of piperidine rings is 1. The first-order valence-electron chi connectivity index (χ1n) is 5.76. The smallest absolute Gasteiger partial charge is 0.336 e. The van der Waals surface area contributed by atoms with Crippen molar-refractivity contribution in [3.63, 3.8) is 0 Å². The maximum atomic E-state index is 11.8. The largest absolute Gasteiger partial charge is 0.478 e. The monoisotopic (exact) mass is 278 g/mol. The first-order chi connectivity index (χ1) is 9.41. The Kier molecular flexibility index (Phi) is 3.47. The van der Waals surface area contributed by atoms with Crippen LogP contribution in [0.1, 0.15) is 34.7 Å². The van der Waals surface area contributed by atoms with Gasteiger partial charge in [0.25, 0.3) is 5.69 Å². The Morgan fingerprint density at radius 3 is 2.65 bits per heavy atom. The number of amides is 2. The first kappa shape index (κ1) is 13.7. The molecule has 1 unspecified atom stereocenters. The number of nitrogens with zero attached hydrogens (tertiary/aromatic N) is 1. The van der Waals surface area contributed by atoms with Crippen LogP contribution in [-0.4, -0.2) is 27.8 Å². The van der Waals surface area contributed by atoms with Gasteiger partial charge in [0.2, 0.25) is 11.8 Å². The molecule has 1 aliphatic heterocycles. The van der Waals surface area contributed by atoms with Gasteiger partial charge in [-0.25, -0.2) is 4.79 Å². The SMILES string of the molecule is O=C1CCC(c2c(C(=O)O)cccc2[N+](=O)[O-])C(=O)N1. The van der Waals surface area contributed by atoms with Crippen LogP contribution in [0.25, 0.3) is 0 Å². The fourth-order valence-corrected chi connectivity index (χ4v) is 2.23. The minimum Gasteiger partial charge on any atom is -0.478 e. The Morgan fingerprint density at radius 2 is 2.10 bits per heavy atom. The van der Waals surface area contributed by atoms with Crippen LogP contribution in [-0.2, 0) is 9.59 Å². The summed E-state index contributed by atoms with van der Waals surface area (Å²) in [7, 11) is 0. The van der Waals surface area contributed by atoms with E-state index in [0.29, 0.717) is 0 Å². The Morgan fingerprint density at radius 1 is 1.40 bits per heavy atom. The molecule has 2 amide bonds. The summed E-state index contributed by atoms with van der Waals surface area (Å²) in [6, 6.07) is 3.59. The molecule has 1 fully saturated rings. The van der Waals surface area contributed by atoms with Crippen molar-refractivity contribution in [1.82, 2.24) is 5.32 Å². The quantitative estimate of drug-likeness (QED) is 0.478. The number of nitrogens with one attached hydrogen (secondary N) is 1. The van der Waals surface area contributed by atoms with Gasteiger partial charge in [0, 0.05) is 12.5 Å². The average molecular weight is 278 g/mol. The van der Waals surface area contributed by atoms with E-state index < -0.39 is 34.3 Å². The number of carboxylic acids is 1. The summed E-state index contributed by atoms with van der Waals surface area (Å²) in [6.07, 6.45) is 0.0668. The number of imide groups is 1. The molecule has 0 aromatic heterocycles. The summed E-state index contributed by atoms with van der Waals surface area (Å²) >= 11 is 0. The standard InChI is InChI=1S/C12H10N2O6/c15-9-5-4-6(11(16)13-9)10-7(12(17)18)2-1-3-8(10)14(19)20/h1-3,6H,4-5H2,(H,17,18)(H,13,15,16). The summed E-state index contributed by atoms with van der Waals surface area (Å²) in [6.45, 7) is 0. The maximum absolute atomic E-state index is 11.8. The number of carbonyl (C=O) groups excluding carboxylic acids is 2. The number of benzene rings is 1. The van der Waals surface area contributed by atoms with Gasteiger partial charge in [0.1, 0.15) is 0 Å². The van der Waals surface area contributed by atoms with Crippen LogP contribution in [0.2, 0.25) is 0 Å². The van der Waals surface area contributed by atoms with E-state index in [1.807, 2.05) is 0 Å². The van der Waals surface area contributed by atoms with Crippen LogP contribution in [0, 0.1) is 10.1 Å². The average Bonchev–Trinajstić information content (AvgIpc) is 2.37. The second kappa shape index (κ2) is 5.08. The molecule has 0 bridgehead atoms. The molecule has 8 nitrogen and oxygen atoms in total. The van der Waals surface area contributed by atoms with Gasteiger partial charge >= 0.3 is 5.97 Å². The number of carbonyl (C=O) groups is 3. The highest BCUT2D eigenvalue weighted by Crippen LogP contribution is 2.34. The van der Waals surface area contributed by atoms with Gasteiger partial charge in [-0.05, 0) is 12.5 Å². The Bertz CT molecular complexity index is 592. The number of rotatable bonds is 3. The van der Waals surface area contributed by atoms with Crippen LogP contribution in [0.15, 0.2) is 18.2 Å². The normalized spacial score (nSPS) is 18.5. The van der Waals surface area contributed by atoms with Crippen LogP contribution in [0.3, 0.4) is 0 Å². The second-order valence-electron chi connectivity index (χ2n) is 4.30. The summed E-state index contributed by atoms with van der Waals surface area (Å²) in [5.74, 6) is -3.55. The second-order valence-corrected chi connectivity index (χ2v) is 4.30. The van der Waals surface area contributed by atoms with Crippen molar-refractivity contribution in [2.75, 3.05) is 0 Å². The minimum atomic E-state index is -1.35. The molecule has 0 radical (unpaired) electrons. The maximum Gasteiger partial charge on any atom is 0.336 e. The topological polar surface area (TPSA) is 127 Å². The molecule has 1 heterocycles. The summed E-state index contributed by atoms with van der Waals surface area (Å²) in [5.41, 5.74) is -0.886. The lowest BCUT2D eigenvalue weighted by atomic mass is 9.86. The van der Waals surface area contributed by atoms with Crippen LogP contribution in [0.4, 0.5) is 5.69 Å². The molecule has 1 saturated heterocycles. The predicted molar refractivity (Wildman–Crippen MR) is 65.2 cm³/mol. The van der Waals surface area contributed by atoms with Gasteiger partial charge < -0.3 is 5.11 Å². The molecule has 2 rings (SSSR count). The van der Waals surface area contributed by atoms with E-state index >= 15 is 0 Å². The fourth-order valence-electron chi connectivity index (χ4n) is 2.23. The molecule has 0 saturated carbocycles. The molecular formula is C12H10N2O6. The van der Waals surface area contributed by atoms with E-state index in [4.69, 9.17) is 5.11 Å². The Hall–Kier alpha value is -2.77. The van der Waals surface area contributed by atoms with E-state index in [9.17, 15) is 24.5 Å². The lowest BCUT2D eigenvalue weighted by Gasteiger charge is -2.22. The summed E-state index contributed by atoms with van der Waals surface area (Å²) < 4.78 is 0. The van der Waals surface area contributed by atoms with Crippen molar-refractivity contribution in [2.24, 2.45) is 0 Å². The van der Waals surface area contributed by atoms with Crippen molar-refractivity contribution < 1.29 is 24.4 Å². The zero-order valence-electron chi connectivity index (χ0n) is 10.2. The number of aromatic carboxylic acids is 1. The molecule has 2 N–H and O–H groups in total. The van der Waals surface area contributed by atoms with Gasteiger partial charge in [0.05, 0.1) is 22.0 Å². The summed E-state index contributed by atoms with van der Waals surface area (Å²) in [4.78, 5) is 44.4. The van der Waals surface area contributed by atoms with Crippen molar-refractivity contribution in [1.29, 1.82) is 0 Å². The molecule has 8 heteroatoms. The van der Waals surface area contributed by atoms with Gasteiger partial charge in [-0.2, -0.15) is 0 Å². The first-order valence-corrected chi connectivity index (χ1v) is 5.76. The number of hydrogen-bond donors (Lipinski definition) is 2. The van der Waals surface area contributed by atoms with Crippen molar-refractivity contribution in [3.8, 4) is 0 Å². The van der Waals surface area contributed by atoms with Gasteiger partial charge in [-0.3, -0.25) is 25.0 Å². The molecule has 1 aromatic carbocycles. The fraction of sp³-hybridized carbons (Fsp3) is 0.250. The van der Waals surface area contributed by atoms with Crippen molar-refractivity contribution in [2.45, 2.75) is 18.8 Å². The molecule has 1 atom stereocenters. The predicted octanol–water partition coefficient (Wildman–Crippen LogP) is 0.813. The van der Waals surface area contributed by atoms with Crippen LogP contribution >= 0.6 is 0 Å². The van der Waals surface area contributed by atoms with E-state index in [1.54, 1.807) is 0 Å². The lowest BCUT2D eigenvalue weighted by Crippen LogP contribution is -2.40. The number of nitro groups is 1. The zero-order chi connectivity index (χ0) is 14.9. The number of carboxylic acid groups (broad SMARTS) is 1.